The van der Waals surface area contributed by atoms with E-state index in [-0.39, 0.29) is 24.3 Å². The second-order valence-corrected chi connectivity index (χ2v) is 7.89. The van der Waals surface area contributed by atoms with Gasteiger partial charge < -0.3 is 15.2 Å². The fourth-order valence-corrected chi connectivity index (χ4v) is 4.54. The molecule has 1 fully saturated rings. The third kappa shape index (κ3) is 3.95. The molecule has 0 spiro atoms. The molecule has 1 aliphatic carbocycles. The monoisotopic (exact) mass is 384 g/mol. The molecule has 0 bridgehead atoms. The topological polar surface area (TPSA) is 110 Å². The Morgan fingerprint density at radius 3 is 2.96 bits per heavy atom. The molecule has 1 saturated heterocycles. The maximum Gasteiger partial charge on any atom is 0.237 e. The highest BCUT2D eigenvalue weighted by atomic mass is 16.2. The number of aryl methyl sites for hydroxylation is 2. The fourth-order valence-electron chi connectivity index (χ4n) is 4.54. The largest absolute Gasteiger partial charge is 0.368 e. The molecule has 150 valence electrons. The average Bonchev–Trinajstić information content (AvgIpc) is 3.32. The lowest BCUT2D eigenvalue weighted by Crippen LogP contribution is -2.40. The van der Waals surface area contributed by atoms with Crippen LogP contribution in [0.2, 0.25) is 0 Å². The third-order valence-electron chi connectivity index (χ3n) is 5.93. The number of hydrogen-bond donors (Lipinski definition) is 2. The van der Waals surface area contributed by atoms with E-state index in [0.717, 1.165) is 43.7 Å². The van der Waals surface area contributed by atoms with Crippen LogP contribution in [0.3, 0.4) is 0 Å². The van der Waals surface area contributed by atoms with Gasteiger partial charge in [-0.25, -0.2) is 4.98 Å². The van der Waals surface area contributed by atoms with E-state index in [2.05, 4.69) is 15.2 Å². The van der Waals surface area contributed by atoms with Crippen LogP contribution in [0.4, 0.5) is 0 Å². The van der Waals surface area contributed by atoms with Crippen molar-refractivity contribution < 1.29 is 9.59 Å². The van der Waals surface area contributed by atoms with Crippen LogP contribution in [0, 0.1) is 0 Å². The van der Waals surface area contributed by atoms with Crippen LogP contribution in [-0.2, 0) is 35.4 Å². The number of piperidine rings is 1. The van der Waals surface area contributed by atoms with Gasteiger partial charge in [0.05, 0.1) is 5.69 Å². The summed E-state index contributed by atoms with van der Waals surface area (Å²) >= 11 is 0. The number of rotatable bonds is 6. The molecule has 1 aliphatic heterocycles. The highest BCUT2D eigenvalue weighted by Crippen LogP contribution is 2.27. The lowest BCUT2D eigenvalue weighted by Gasteiger charge is -2.32. The summed E-state index contributed by atoms with van der Waals surface area (Å²) in [5, 5.41) is 7.61. The SMILES string of the molecule is NC(=O)Cn1ccnc1C1CCCN(C(=O)CCc2n[nH]c3c2CCCC3)C1. The van der Waals surface area contributed by atoms with Crippen molar-refractivity contribution in [3.8, 4) is 0 Å². The summed E-state index contributed by atoms with van der Waals surface area (Å²) in [6.07, 6.45) is 11.1. The number of fused-ring (bicyclic) bond motifs is 1. The van der Waals surface area contributed by atoms with E-state index < -0.39 is 0 Å². The van der Waals surface area contributed by atoms with Gasteiger partial charge in [-0.15, -0.1) is 0 Å². The normalized spacial score (nSPS) is 19.4. The number of primary amides is 1. The Labute approximate surface area is 164 Å². The molecule has 28 heavy (non-hydrogen) atoms. The Bertz CT molecular complexity index is 855. The van der Waals surface area contributed by atoms with Crippen molar-refractivity contribution in [1.29, 1.82) is 0 Å². The molecular weight excluding hydrogens is 356 g/mol. The fraction of sp³-hybridized carbons (Fsp3) is 0.600. The van der Waals surface area contributed by atoms with Crippen molar-refractivity contribution in [3.63, 3.8) is 0 Å². The Balaban J connectivity index is 1.37. The van der Waals surface area contributed by atoms with E-state index in [1.807, 2.05) is 4.90 Å². The summed E-state index contributed by atoms with van der Waals surface area (Å²) in [6, 6.07) is 0. The highest BCUT2D eigenvalue weighted by Gasteiger charge is 2.28. The second-order valence-electron chi connectivity index (χ2n) is 7.89. The maximum absolute atomic E-state index is 12.8. The predicted molar refractivity (Wildman–Crippen MR) is 104 cm³/mol. The first kappa shape index (κ1) is 18.7. The number of nitrogens with one attached hydrogen (secondary N) is 1. The first-order valence-electron chi connectivity index (χ1n) is 10.2. The molecule has 4 rings (SSSR count). The molecule has 2 amide bonds. The number of nitrogens with zero attached hydrogens (tertiary/aromatic N) is 4. The summed E-state index contributed by atoms with van der Waals surface area (Å²) < 4.78 is 1.80. The number of imidazole rings is 1. The minimum atomic E-state index is -0.384. The van der Waals surface area contributed by atoms with Crippen LogP contribution >= 0.6 is 0 Å². The van der Waals surface area contributed by atoms with Crippen LogP contribution in [0.25, 0.3) is 0 Å². The minimum absolute atomic E-state index is 0.129. The molecule has 3 heterocycles. The first-order valence-corrected chi connectivity index (χ1v) is 10.2. The van der Waals surface area contributed by atoms with E-state index in [1.165, 1.54) is 24.1 Å². The zero-order chi connectivity index (χ0) is 19.5. The average molecular weight is 384 g/mol. The van der Waals surface area contributed by atoms with Crippen molar-refractivity contribution >= 4 is 11.8 Å². The number of amides is 2. The lowest BCUT2D eigenvalue weighted by atomic mass is 9.94. The number of carbonyl (C=O) groups excluding carboxylic acids is 2. The Morgan fingerprint density at radius 2 is 2.11 bits per heavy atom. The van der Waals surface area contributed by atoms with Gasteiger partial charge in [-0.2, -0.15) is 5.10 Å². The number of carbonyl (C=O) groups is 2. The summed E-state index contributed by atoms with van der Waals surface area (Å²) in [7, 11) is 0. The molecule has 0 radical (unpaired) electrons. The van der Waals surface area contributed by atoms with E-state index in [1.54, 1.807) is 17.0 Å². The van der Waals surface area contributed by atoms with E-state index in [4.69, 9.17) is 5.73 Å². The second kappa shape index (κ2) is 8.16. The molecule has 1 atom stereocenters. The third-order valence-corrected chi connectivity index (χ3v) is 5.93. The van der Waals surface area contributed by atoms with Gasteiger partial charge in [0.2, 0.25) is 11.8 Å². The van der Waals surface area contributed by atoms with Crippen molar-refractivity contribution in [2.24, 2.45) is 5.73 Å². The van der Waals surface area contributed by atoms with Gasteiger partial charge >= 0.3 is 0 Å². The standard InChI is InChI=1S/C20H28N6O2/c21-18(27)13-26-11-9-22-20(26)14-4-3-10-25(12-14)19(28)8-7-17-15-5-1-2-6-16(15)23-24-17/h9,11,14H,1-8,10,12-13H2,(H2,21,27)(H,23,24). The highest BCUT2D eigenvalue weighted by molar-refractivity contribution is 5.76. The number of aromatic amines is 1. The van der Waals surface area contributed by atoms with Gasteiger partial charge in [-0.1, -0.05) is 0 Å². The van der Waals surface area contributed by atoms with Crippen molar-refractivity contribution in [3.05, 3.63) is 35.2 Å². The van der Waals surface area contributed by atoms with Gasteiger partial charge in [0, 0.05) is 49.9 Å². The van der Waals surface area contributed by atoms with Crippen molar-refractivity contribution in [1.82, 2.24) is 24.6 Å². The molecule has 8 nitrogen and oxygen atoms in total. The summed E-state index contributed by atoms with van der Waals surface area (Å²) in [5.74, 6) is 0.776. The summed E-state index contributed by atoms with van der Waals surface area (Å²) in [4.78, 5) is 30.5. The Hall–Kier alpha value is -2.64. The predicted octanol–water partition coefficient (Wildman–Crippen LogP) is 1.31. The summed E-state index contributed by atoms with van der Waals surface area (Å²) in [5.41, 5.74) is 8.99. The molecule has 3 N–H and O–H groups in total. The molecule has 2 aromatic rings. The number of nitrogens with two attached hydrogens (primary N) is 1. The van der Waals surface area contributed by atoms with Crippen LogP contribution in [0.1, 0.15) is 60.8 Å². The molecule has 2 aliphatic rings. The number of aromatic nitrogens is 4. The minimum Gasteiger partial charge on any atom is -0.368 e. The summed E-state index contributed by atoms with van der Waals surface area (Å²) in [6.45, 7) is 1.56. The van der Waals surface area contributed by atoms with Gasteiger partial charge in [-0.3, -0.25) is 14.7 Å². The van der Waals surface area contributed by atoms with Crippen LogP contribution in [-0.4, -0.2) is 49.6 Å². The smallest absolute Gasteiger partial charge is 0.237 e. The molecule has 0 aromatic carbocycles. The lowest BCUT2D eigenvalue weighted by molar-refractivity contribution is -0.132. The van der Waals surface area contributed by atoms with Crippen LogP contribution < -0.4 is 5.73 Å². The number of hydrogen-bond acceptors (Lipinski definition) is 4. The Kier molecular flexibility index (Phi) is 5.45. The van der Waals surface area contributed by atoms with Gasteiger partial charge in [0.15, 0.2) is 0 Å². The van der Waals surface area contributed by atoms with Gasteiger partial charge in [0.25, 0.3) is 0 Å². The van der Waals surface area contributed by atoms with Crippen molar-refractivity contribution in [2.75, 3.05) is 13.1 Å². The quantitative estimate of drug-likeness (QED) is 0.782. The number of likely N-dealkylation sites (tertiary alicyclic amines) is 1. The van der Waals surface area contributed by atoms with Crippen molar-refractivity contribution in [2.45, 2.75) is 63.8 Å². The molecule has 8 heteroatoms. The van der Waals surface area contributed by atoms with E-state index in [0.29, 0.717) is 19.4 Å². The maximum atomic E-state index is 12.8. The van der Waals surface area contributed by atoms with Crippen LogP contribution in [0.5, 0.6) is 0 Å². The van der Waals surface area contributed by atoms with Crippen LogP contribution in [0.15, 0.2) is 12.4 Å². The first-order chi connectivity index (χ1) is 13.6. The van der Waals surface area contributed by atoms with E-state index >= 15 is 0 Å². The van der Waals surface area contributed by atoms with E-state index in [9.17, 15) is 9.59 Å². The molecule has 0 saturated carbocycles. The number of H-pyrrole nitrogens is 1. The molecule has 2 aromatic heterocycles. The molecule has 1 unspecified atom stereocenters. The zero-order valence-corrected chi connectivity index (χ0v) is 16.2. The van der Waals surface area contributed by atoms with Gasteiger partial charge in [0.1, 0.15) is 12.4 Å². The molecular formula is C20H28N6O2. The Morgan fingerprint density at radius 1 is 1.25 bits per heavy atom. The van der Waals surface area contributed by atoms with Gasteiger partial charge in [-0.05, 0) is 44.1 Å². The zero-order valence-electron chi connectivity index (χ0n) is 16.2.